The van der Waals surface area contributed by atoms with E-state index in [0.29, 0.717) is 18.3 Å². The number of carbonyl (C=O) groups is 1. The molecule has 0 spiro atoms. The molecule has 0 radical (unpaired) electrons. The molecule has 0 unspecified atom stereocenters. The third-order valence-electron chi connectivity index (χ3n) is 5.68. The predicted octanol–water partition coefficient (Wildman–Crippen LogP) is 3.04. The van der Waals surface area contributed by atoms with Crippen LogP contribution in [0.5, 0.6) is 0 Å². The van der Waals surface area contributed by atoms with E-state index in [9.17, 15) is 4.79 Å². The quantitative estimate of drug-likeness (QED) is 0.672. The Morgan fingerprint density at radius 3 is 2.93 bits per heavy atom. The number of hydrogen-bond acceptors (Lipinski definition) is 5. The van der Waals surface area contributed by atoms with E-state index in [1.54, 1.807) is 0 Å². The number of rotatable bonds is 4. The third kappa shape index (κ3) is 2.90. The Morgan fingerprint density at radius 1 is 1.34 bits per heavy atom. The summed E-state index contributed by atoms with van der Waals surface area (Å²) in [6.07, 6.45) is 11.1. The summed E-state index contributed by atoms with van der Waals surface area (Å²) in [6.45, 7) is 6.15. The van der Waals surface area contributed by atoms with E-state index in [1.807, 2.05) is 19.3 Å². The van der Waals surface area contributed by atoms with Gasteiger partial charge in [-0.25, -0.2) is 9.97 Å². The molecule has 3 N–H and O–H groups in total. The first kappa shape index (κ1) is 17.6. The minimum absolute atomic E-state index is 0.149. The maximum atomic E-state index is 11.8. The number of pyridine rings is 1. The van der Waals surface area contributed by atoms with Gasteiger partial charge in [-0.3, -0.25) is 9.78 Å². The van der Waals surface area contributed by atoms with Gasteiger partial charge in [0, 0.05) is 30.1 Å². The second kappa shape index (κ2) is 6.55. The summed E-state index contributed by atoms with van der Waals surface area (Å²) in [4.78, 5) is 25.1. The summed E-state index contributed by atoms with van der Waals surface area (Å²) in [5, 5.41) is 3.79. The fourth-order valence-electron chi connectivity index (χ4n) is 4.26. The summed E-state index contributed by atoms with van der Waals surface area (Å²) < 4.78 is 2.12. The molecule has 2 aliphatic rings. The molecule has 1 fully saturated rings. The van der Waals surface area contributed by atoms with Gasteiger partial charge in [-0.2, -0.15) is 0 Å². The van der Waals surface area contributed by atoms with Crippen molar-refractivity contribution in [2.75, 3.05) is 5.73 Å². The van der Waals surface area contributed by atoms with Crippen molar-refractivity contribution in [3.05, 3.63) is 54.8 Å². The molecule has 7 nitrogen and oxygen atoms in total. The van der Waals surface area contributed by atoms with Crippen molar-refractivity contribution in [1.29, 1.82) is 0 Å². The Balaban J connectivity index is 1.72. The minimum atomic E-state index is -0.199. The van der Waals surface area contributed by atoms with Gasteiger partial charge < -0.3 is 15.6 Å². The van der Waals surface area contributed by atoms with Gasteiger partial charge in [0.1, 0.15) is 17.8 Å². The molecule has 3 aromatic heterocycles. The maximum Gasteiger partial charge on any atom is 0.243 e. The molecule has 146 valence electrons. The molecule has 1 saturated carbocycles. The van der Waals surface area contributed by atoms with Crippen LogP contribution in [0.2, 0.25) is 0 Å². The first-order valence-electron chi connectivity index (χ1n) is 9.76. The average Bonchev–Trinajstić information content (AvgIpc) is 3.51. The van der Waals surface area contributed by atoms with Crippen molar-refractivity contribution in [3.8, 4) is 11.1 Å². The highest BCUT2D eigenvalue weighted by atomic mass is 16.1. The van der Waals surface area contributed by atoms with Crippen molar-refractivity contribution in [1.82, 2.24) is 24.8 Å². The Bertz CT molecular complexity index is 1190. The number of nitrogens with zero attached hydrogens (tertiary/aromatic N) is 4. The van der Waals surface area contributed by atoms with E-state index in [-0.39, 0.29) is 11.9 Å². The zero-order chi connectivity index (χ0) is 20.1. The molecule has 0 aromatic carbocycles. The van der Waals surface area contributed by atoms with Crippen molar-refractivity contribution in [2.45, 2.75) is 38.3 Å². The topological polar surface area (TPSA) is 98.7 Å². The normalized spacial score (nSPS) is 18.2. The van der Waals surface area contributed by atoms with E-state index in [2.05, 4.69) is 43.6 Å². The Morgan fingerprint density at radius 2 is 2.17 bits per heavy atom. The zero-order valence-corrected chi connectivity index (χ0v) is 16.2. The molecule has 1 atom stereocenters. The molecule has 0 saturated heterocycles. The lowest BCUT2D eigenvalue weighted by atomic mass is 9.96. The summed E-state index contributed by atoms with van der Waals surface area (Å²) >= 11 is 0. The van der Waals surface area contributed by atoms with Gasteiger partial charge in [0.15, 0.2) is 0 Å². The van der Waals surface area contributed by atoms with Crippen LogP contribution in [0.15, 0.2) is 43.5 Å². The first-order chi connectivity index (χ1) is 14.1. The number of amides is 1. The number of carbonyl (C=O) groups excluding carboxylic acids is 1. The summed E-state index contributed by atoms with van der Waals surface area (Å²) in [7, 11) is 0. The van der Waals surface area contributed by atoms with Crippen molar-refractivity contribution >= 4 is 28.3 Å². The molecule has 7 heteroatoms. The minimum Gasteiger partial charge on any atom is -0.383 e. The number of nitrogens with one attached hydrogen (secondary N) is 1. The van der Waals surface area contributed by atoms with Crippen molar-refractivity contribution in [3.63, 3.8) is 0 Å². The highest BCUT2D eigenvalue weighted by molar-refractivity contribution is 6.06. The van der Waals surface area contributed by atoms with Gasteiger partial charge in [0.2, 0.25) is 5.91 Å². The molecular formula is C22H22N6O. The van der Waals surface area contributed by atoms with Crippen LogP contribution in [-0.4, -0.2) is 31.5 Å². The number of nitrogens with two attached hydrogens (primary N) is 1. The molecule has 3 aromatic rings. The highest BCUT2D eigenvalue weighted by Gasteiger charge is 2.29. The third-order valence-corrected chi connectivity index (χ3v) is 5.68. The van der Waals surface area contributed by atoms with Crippen molar-refractivity contribution < 1.29 is 4.79 Å². The van der Waals surface area contributed by atoms with Crippen LogP contribution in [0.1, 0.15) is 36.9 Å². The summed E-state index contributed by atoms with van der Waals surface area (Å²) in [5.41, 5.74) is 12.5. The second-order valence-electron chi connectivity index (χ2n) is 7.74. The fraction of sp³-hybridized carbons (Fsp3) is 0.273. The number of nitrogen functional groups attached to an aromatic ring is 1. The molecular weight excluding hydrogens is 364 g/mol. The Kier molecular flexibility index (Phi) is 3.97. The molecule has 1 aliphatic heterocycles. The van der Waals surface area contributed by atoms with Crippen LogP contribution in [0, 0.1) is 0 Å². The van der Waals surface area contributed by atoms with E-state index in [1.165, 1.54) is 30.8 Å². The van der Waals surface area contributed by atoms with E-state index < -0.39 is 0 Å². The predicted molar refractivity (Wildman–Crippen MR) is 113 cm³/mol. The van der Waals surface area contributed by atoms with Crippen LogP contribution in [-0.2, 0) is 11.3 Å². The number of hydrogen-bond donors (Lipinski definition) is 2. The maximum absolute atomic E-state index is 11.8. The first-order valence-corrected chi connectivity index (χ1v) is 9.76. The van der Waals surface area contributed by atoms with Crippen LogP contribution in [0.3, 0.4) is 0 Å². The molecule has 4 heterocycles. The monoisotopic (exact) mass is 386 g/mol. The second-order valence-corrected chi connectivity index (χ2v) is 7.74. The zero-order valence-electron chi connectivity index (χ0n) is 16.2. The Labute approximate surface area is 168 Å². The van der Waals surface area contributed by atoms with Gasteiger partial charge in [0.05, 0.1) is 17.1 Å². The van der Waals surface area contributed by atoms with Crippen LogP contribution >= 0.6 is 0 Å². The largest absolute Gasteiger partial charge is 0.383 e. The standard InChI is InChI=1S/C22H22N6O/c1-3-17(29)27-16-6-12(2)20-18(15-7-14(8-24-9-15)13-4-5-13)19-21(23)25-11-26-22(19)28(20)10-16/h3,6-9,11,13,16H,1,4-5,10H2,2H3,(H,27,29)(H2,23,25,26)/t16-/m0/s1. The van der Waals surface area contributed by atoms with Gasteiger partial charge in [0.25, 0.3) is 0 Å². The molecule has 5 rings (SSSR count). The fourth-order valence-corrected chi connectivity index (χ4v) is 4.26. The summed E-state index contributed by atoms with van der Waals surface area (Å²) in [6, 6.07) is 2.06. The van der Waals surface area contributed by atoms with Crippen LogP contribution < -0.4 is 11.1 Å². The summed E-state index contributed by atoms with van der Waals surface area (Å²) in [5.74, 6) is 0.855. The Hall–Kier alpha value is -3.48. The number of fused-ring (bicyclic) bond motifs is 3. The molecule has 1 aliphatic carbocycles. The van der Waals surface area contributed by atoms with Gasteiger partial charge in [-0.05, 0) is 49.0 Å². The van der Waals surface area contributed by atoms with Gasteiger partial charge in [-0.15, -0.1) is 0 Å². The number of anilines is 1. The number of allylic oxidation sites excluding steroid dienone is 1. The van der Waals surface area contributed by atoms with Gasteiger partial charge >= 0.3 is 0 Å². The lowest BCUT2D eigenvalue weighted by molar-refractivity contribution is -0.116. The van der Waals surface area contributed by atoms with E-state index in [4.69, 9.17) is 5.73 Å². The highest BCUT2D eigenvalue weighted by Crippen LogP contribution is 2.44. The lowest BCUT2D eigenvalue weighted by Crippen LogP contribution is -2.37. The van der Waals surface area contributed by atoms with Crippen LogP contribution in [0.25, 0.3) is 27.7 Å². The SMILES string of the molecule is C=CC(=O)N[C@H]1C=C(C)c2c(-c3cncc(C4CC4)c3)c3c(N)ncnc3n2C1. The van der Waals surface area contributed by atoms with Gasteiger partial charge in [-0.1, -0.05) is 12.7 Å². The van der Waals surface area contributed by atoms with Crippen LogP contribution in [0.4, 0.5) is 5.82 Å². The average molecular weight is 386 g/mol. The smallest absolute Gasteiger partial charge is 0.243 e. The molecule has 1 amide bonds. The molecule has 29 heavy (non-hydrogen) atoms. The number of aromatic nitrogens is 4. The lowest BCUT2D eigenvalue weighted by Gasteiger charge is -2.24. The van der Waals surface area contributed by atoms with E-state index >= 15 is 0 Å². The van der Waals surface area contributed by atoms with E-state index in [0.717, 1.165) is 33.4 Å². The van der Waals surface area contributed by atoms with Crippen molar-refractivity contribution in [2.24, 2.45) is 0 Å². The molecule has 0 bridgehead atoms.